The average molecular weight is 322 g/mol. The molecule has 0 unspecified atom stereocenters. The zero-order valence-corrected chi connectivity index (χ0v) is 15.0. The molecule has 5 heteroatoms. The van der Waals surface area contributed by atoms with Crippen LogP contribution < -0.4 is 5.32 Å². The minimum atomic E-state index is -0.364. The second kappa shape index (κ2) is 12.6. The van der Waals surface area contributed by atoms with Crippen molar-refractivity contribution in [2.24, 2.45) is 5.92 Å². The fourth-order valence-electron chi connectivity index (χ4n) is 1.45. The number of nitrogens with zero attached hydrogens (tertiary/aromatic N) is 1. The van der Waals surface area contributed by atoms with Crippen molar-refractivity contribution in [2.75, 3.05) is 27.2 Å². The van der Waals surface area contributed by atoms with Gasteiger partial charge >= 0.3 is 6.09 Å². The van der Waals surface area contributed by atoms with Gasteiger partial charge in [0.1, 0.15) is 12.9 Å². The number of aryl methyl sites for hydroxylation is 1. The number of aldehydes is 1. The molecular weight excluding hydrogens is 292 g/mol. The molecule has 0 bridgehead atoms. The minimum absolute atomic E-state index is 0.204. The SMILES string of the molecule is CC(C)C=O.CCc1ccc(COC(=O)NCCN(C)C)cc1. The van der Waals surface area contributed by atoms with Crippen molar-refractivity contribution in [3.05, 3.63) is 35.4 Å². The molecule has 1 aromatic carbocycles. The number of amides is 1. The molecule has 0 radical (unpaired) electrons. The lowest BCUT2D eigenvalue weighted by molar-refractivity contribution is -0.110. The van der Waals surface area contributed by atoms with E-state index in [0.717, 1.165) is 24.8 Å². The predicted molar refractivity (Wildman–Crippen MR) is 93.5 cm³/mol. The summed E-state index contributed by atoms with van der Waals surface area (Å²) in [6, 6.07) is 8.10. The van der Waals surface area contributed by atoms with Gasteiger partial charge < -0.3 is 19.7 Å². The van der Waals surface area contributed by atoms with Crippen LogP contribution in [-0.4, -0.2) is 44.5 Å². The molecule has 0 aliphatic carbocycles. The van der Waals surface area contributed by atoms with Crippen LogP contribution in [0, 0.1) is 5.92 Å². The fourth-order valence-corrected chi connectivity index (χ4v) is 1.45. The summed E-state index contributed by atoms with van der Waals surface area (Å²) in [4.78, 5) is 22.9. The maximum Gasteiger partial charge on any atom is 0.407 e. The third-order valence-corrected chi connectivity index (χ3v) is 2.90. The van der Waals surface area contributed by atoms with Gasteiger partial charge in [0.2, 0.25) is 0 Å². The van der Waals surface area contributed by atoms with Gasteiger partial charge in [-0.25, -0.2) is 4.79 Å². The fraction of sp³-hybridized carbons (Fsp3) is 0.556. The Bertz CT molecular complexity index is 442. The van der Waals surface area contributed by atoms with Crippen molar-refractivity contribution in [1.29, 1.82) is 0 Å². The van der Waals surface area contributed by atoms with Crippen molar-refractivity contribution < 1.29 is 14.3 Å². The predicted octanol–water partition coefficient (Wildman–Crippen LogP) is 2.88. The molecule has 0 aromatic heterocycles. The molecule has 1 rings (SSSR count). The molecule has 0 saturated heterocycles. The number of nitrogens with one attached hydrogen (secondary N) is 1. The van der Waals surface area contributed by atoms with E-state index < -0.39 is 0 Å². The summed E-state index contributed by atoms with van der Waals surface area (Å²) in [5.41, 5.74) is 2.30. The second-order valence-electron chi connectivity index (χ2n) is 5.86. The van der Waals surface area contributed by atoms with Gasteiger partial charge in [0.05, 0.1) is 0 Å². The molecule has 5 nitrogen and oxygen atoms in total. The summed E-state index contributed by atoms with van der Waals surface area (Å²) in [5, 5.41) is 2.70. The van der Waals surface area contributed by atoms with Crippen molar-refractivity contribution >= 4 is 12.4 Å². The molecule has 130 valence electrons. The van der Waals surface area contributed by atoms with Gasteiger partial charge in [-0.1, -0.05) is 45.0 Å². The van der Waals surface area contributed by atoms with Crippen LogP contribution in [0.2, 0.25) is 0 Å². The number of ether oxygens (including phenoxy) is 1. The molecule has 1 N–H and O–H groups in total. The number of hydrogen-bond acceptors (Lipinski definition) is 4. The van der Waals surface area contributed by atoms with E-state index in [0.29, 0.717) is 13.2 Å². The summed E-state index contributed by atoms with van der Waals surface area (Å²) >= 11 is 0. The number of hydrogen-bond donors (Lipinski definition) is 1. The van der Waals surface area contributed by atoms with Crippen LogP contribution in [0.1, 0.15) is 31.9 Å². The lowest BCUT2D eigenvalue weighted by Crippen LogP contribution is -2.31. The van der Waals surface area contributed by atoms with E-state index in [9.17, 15) is 9.59 Å². The van der Waals surface area contributed by atoms with Gasteiger partial charge in [0, 0.05) is 19.0 Å². The first-order valence-electron chi connectivity index (χ1n) is 7.97. The molecule has 0 aliphatic heterocycles. The Hall–Kier alpha value is -1.88. The topological polar surface area (TPSA) is 58.6 Å². The van der Waals surface area contributed by atoms with E-state index in [2.05, 4.69) is 24.4 Å². The Kier molecular flexibility index (Phi) is 11.6. The lowest BCUT2D eigenvalue weighted by Gasteiger charge is -2.10. The third kappa shape index (κ3) is 12.4. The van der Waals surface area contributed by atoms with Crippen molar-refractivity contribution in [3.8, 4) is 0 Å². The van der Waals surface area contributed by atoms with Gasteiger partial charge in [0.15, 0.2) is 0 Å². The number of carbonyl (C=O) groups excluding carboxylic acids is 2. The van der Waals surface area contributed by atoms with Crippen LogP contribution in [0.25, 0.3) is 0 Å². The number of carbonyl (C=O) groups is 2. The van der Waals surface area contributed by atoms with E-state index in [1.807, 2.05) is 45.0 Å². The maximum absolute atomic E-state index is 11.4. The van der Waals surface area contributed by atoms with E-state index in [1.54, 1.807) is 0 Å². The molecule has 23 heavy (non-hydrogen) atoms. The number of alkyl carbamates (subject to hydrolysis) is 1. The summed E-state index contributed by atoms with van der Waals surface area (Å²) in [6.07, 6.45) is 1.57. The average Bonchev–Trinajstić information content (AvgIpc) is 2.53. The summed E-state index contributed by atoms with van der Waals surface area (Å²) < 4.78 is 5.11. The van der Waals surface area contributed by atoms with Gasteiger partial charge in [-0.05, 0) is 31.6 Å². The lowest BCUT2D eigenvalue weighted by atomic mass is 10.1. The van der Waals surface area contributed by atoms with Gasteiger partial charge in [-0.3, -0.25) is 0 Å². The van der Waals surface area contributed by atoms with Crippen LogP contribution in [0.15, 0.2) is 24.3 Å². The highest BCUT2D eigenvalue weighted by molar-refractivity contribution is 5.67. The Balaban J connectivity index is 0.000000841. The van der Waals surface area contributed by atoms with E-state index >= 15 is 0 Å². The smallest absolute Gasteiger partial charge is 0.407 e. The highest BCUT2D eigenvalue weighted by Gasteiger charge is 2.02. The van der Waals surface area contributed by atoms with Crippen LogP contribution >= 0.6 is 0 Å². The normalized spacial score (nSPS) is 10.0. The summed E-state index contributed by atoms with van der Waals surface area (Å²) in [6.45, 7) is 7.54. The first kappa shape index (κ1) is 21.1. The highest BCUT2D eigenvalue weighted by Crippen LogP contribution is 2.06. The minimum Gasteiger partial charge on any atom is -0.445 e. The van der Waals surface area contributed by atoms with E-state index in [-0.39, 0.29) is 12.0 Å². The molecule has 0 heterocycles. The van der Waals surface area contributed by atoms with E-state index in [4.69, 9.17) is 4.74 Å². The second-order valence-corrected chi connectivity index (χ2v) is 5.86. The Morgan fingerprint density at radius 3 is 2.17 bits per heavy atom. The molecule has 1 aromatic rings. The zero-order valence-electron chi connectivity index (χ0n) is 15.0. The highest BCUT2D eigenvalue weighted by atomic mass is 16.5. The first-order chi connectivity index (χ1) is 10.9. The quantitative estimate of drug-likeness (QED) is 0.784. The van der Waals surface area contributed by atoms with E-state index in [1.165, 1.54) is 5.56 Å². The van der Waals surface area contributed by atoms with Crippen LogP contribution in [-0.2, 0) is 22.6 Å². The standard InChI is InChI=1S/C14H22N2O2.C4H8O/c1-4-12-5-7-13(8-6-12)11-18-14(17)15-9-10-16(2)3;1-4(2)3-5/h5-8H,4,9-11H2,1-3H3,(H,15,17);3-4H,1-2H3. The Morgan fingerprint density at radius 2 is 1.74 bits per heavy atom. The number of benzene rings is 1. The molecule has 0 spiro atoms. The molecule has 0 fully saturated rings. The van der Waals surface area contributed by atoms with Crippen LogP contribution in [0.4, 0.5) is 4.79 Å². The molecule has 0 saturated carbocycles. The molecular formula is C18H30N2O3. The third-order valence-electron chi connectivity index (χ3n) is 2.90. The number of rotatable bonds is 7. The molecule has 1 amide bonds. The largest absolute Gasteiger partial charge is 0.445 e. The first-order valence-corrected chi connectivity index (χ1v) is 7.97. The van der Waals surface area contributed by atoms with Crippen molar-refractivity contribution in [3.63, 3.8) is 0 Å². The zero-order chi connectivity index (χ0) is 17.7. The number of likely N-dealkylation sites (N-methyl/N-ethyl adjacent to an activating group) is 1. The monoisotopic (exact) mass is 322 g/mol. The van der Waals surface area contributed by atoms with Gasteiger partial charge in [0.25, 0.3) is 0 Å². The van der Waals surface area contributed by atoms with Crippen molar-refractivity contribution in [2.45, 2.75) is 33.8 Å². The van der Waals surface area contributed by atoms with Crippen LogP contribution in [0.3, 0.4) is 0 Å². The maximum atomic E-state index is 11.4. The molecule has 0 aliphatic rings. The van der Waals surface area contributed by atoms with Crippen LogP contribution in [0.5, 0.6) is 0 Å². The Labute approximate surface area is 140 Å². The summed E-state index contributed by atoms with van der Waals surface area (Å²) in [5.74, 6) is 0.204. The van der Waals surface area contributed by atoms with Gasteiger partial charge in [-0.15, -0.1) is 0 Å². The summed E-state index contributed by atoms with van der Waals surface area (Å²) in [7, 11) is 3.92. The van der Waals surface area contributed by atoms with Gasteiger partial charge in [-0.2, -0.15) is 0 Å². The molecule has 0 atom stereocenters. The van der Waals surface area contributed by atoms with Crippen molar-refractivity contribution in [1.82, 2.24) is 10.2 Å². The Morgan fingerprint density at radius 1 is 1.22 bits per heavy atom.